The number of nitrogens with zero attached hydrogens (tertiary/aromatic N) is 2. The monoisotopic (exact) mass is 460 g/mol. The predicted molar refractivity (Wildman–Crippen MR) is 130 cm³/mol. The molecule has 0 radical (unpaired) electrons. The molecule has 2 aromatic carbocycles. The second-order valence-electron chi connectivity index (χ2n) is 7.48. The van der Waals surface area contributed by atoms with E-state index in [2.05, 4.69) is 32.7 Å². The summed E-state index contributed by atoms with van der Waals surface area (Å²) in [4.78, 5) is 33.1. The van der Waals surface area contributed by atoms with Gasteiger partial charge >= 0.3 is 0 Å². The second kappa shape index (κ2) is 8.20. The number of halogens is 1. The van der Waals surface area contributed by atoms with Crippen LogP contribution in [0.3, 0.4) is 0 Å². The molecular formula is C24H17ClN4O2S. The van der Waals surface area contributed by atoms with Gasteiger partial charge in [-0.15, -0.1) is 0 Å². The number of imide groups is 1. The van der Waals surface area contributed by atoms with Crippen LogP contribution < -0.4 is 5.32 Å². The Bertz CT molecular complexity index is 1490. The number of benzene rings is 2. The maximum absolute atomic E-state index is 13.0. The van der Waals surface area contributed by atoms with E-state index in [-0.39, 0.29) is 0 Å². The van der Waals surface area contributed by atoms with Gasteiger partial charge in [0.05, 0.1) is 33.4 Å². The van der Waals surface area contributed by atoms with Crippen LogP contribution in [0.4, 0.5) is 0 Å². The summed E-state index contributed by atoms with van der Waals surface area (Å²) >= 11 is 11.2. The van der Waals surface area contributed by atoms with Gasteiger partial charge in [0, 0.05) is 46.4 Å². The molecule has 0 aliphatic carbocycles. The lowest BCUT2D eigenvalue weighted by molar-refractivity contribution is -0.122. The third-order valence-corrected chi connectivity index (χ3v) is 6.09. The van der Waals surface area contributed by atoms with E-state index >= 15 is 0 Å². The number of aryl methyl sites for hydroxylation is 1. The molecule has 2 N–H and O–H groups in total. The molecule has 8 heteroatoms. The quantitative estimate of drug-likeness (QED) is 0.187. The molecule has 6 nitrogen and oxygen atoms in total. The van der Waals surface area contributed by atoms with Crippen LogP contribution in [0.15, 0.2) is 59.9 Å². The summed E-state index contributed by atoms with van der Waals surface area (Å²) in [6, 6.07) is 13.3. The lowest BCUT2D eigenvalue weighted by atomic mass is 9.95. The number of hydrogen-bond donors (Lipinski definition) is 2. The first-order chi connectivity index (χ1) is 15.6. The molecule has 1 aliphatic rings. The molecule has 0 fully saturated rings. The Labute approximate surface area is 193 Å². The molecule has 0 unspecified atom stereocenters. The van der Waals surface area contributed by atoms with Crippen molar-refractivity contribution in [3.8, 4) is 0 Å². The highest BCUT2D eigenvalue weighted by Gasteiger charge is 2.35. The lowest BCUT2D eigenvalue weighted by Crippen LogP contribution is -2.22. The fraction of sp³-hybridized carbons (Fsp3) is 0.125. The Kier molecular flexibility index (Phi) is 5.23. The normalized spacial score (nSPS) is 13.8. The standard InChI is InChI=1S/C24H17ClN4O2S/c25-17-6-3-8-19-20(17)16(12-29(19)10-4-9-26-13-32)22-21(23(30)28-24(22)31)15-11-27-18-7-2-1-5-14(15)18/h1-3,5-8,11-12,27H,4,9-10H2,(H,28,30,31). The zero-order valence-electron chi connectivity index (χ0n) is 16.8. The number of hydrogen-bond acceptors (Lipinski definition) is 4. The van der Waals surface area contributed by atoms with Crippen LogP contribution in [-0.4, -0.2) is 33.1 Å². The van der Waals surface area contributed by atoms with Crippen molar-refractivity contribution in [3.63, 3.8) is 0 Å². The number of H-pyrrole nitrogens is 1. The first-order valence-corrected chi connectivity index (χ1v) is 10.9. The first kappa shape index (κ1) is 20.4. The molecule has 158 valence electrons. The van der Waals surface area contributed by atoms with Gasteiger partial charge in [-0.1, -0.05) is 35.9 Å². The maximum atomic E-state index is 13.0. The minimum absolute atomic E-state index is 0.327. The Morgan fingerprint density at radius 1 is 1.03 bits per heavy atom. The Balaban J connectivity index is 1.74. The highest BCUT2D eigenvalue weighted by Crippen LogP contribution is 2.40. The summed E-state index contributed by atoms with van der Waals surface area (Å²) in [6.07, 6.45) is 4.40. The summed E-state index contributed by atoms with van der Waals surface area (Å²) < 4.78 is 2.03. The third-order valence-electron chi connectivity index (χ3n) is 5.65. The van der Waals surface area contributed by atoms with Crippen molar-refractivity contribution >= 4 is 73.7 Å². The van der Waals surface area contributed by atoms with E-state index in [9.17, 15) is 9.59 Å². The second-order valence-corrected chi connectivity index (χ2v) is 8.07. The molecule has 0 spiro atoms. The molecule has 0 saturated carbocycles. The van der Waals surface area contributed by atoms with E-state index in [1.807, 2.05) is 47.2 Å². The number of para-hydroxylation sites is 1. The summed E-state index contributed by atoms with van der Waals surface area (Å²) in [6.45, 7) is 1.21. The van der Waals surface area contributed by atoms with Crippen LogP contribution in [0.5, 0.6) is 0 Å². The average molecular weight is 461 g/mol. The SMILES string of the molecule is O=C1NC(=O)C(c2cn(CCCN=C=S)c3cccc(Cl)c23)=C1c1c[nH]c2ccccc12. The fourth-order valence-corrected chi connectivity index (χ4v) is 4.66. The van der Waals surface area contributed by atoms with E-state index in [0.29, 0.717) is 40.4 Å². The zero-order valence-corrected chi connectivity index (χ0v) is 18.4. The summed E-state index contributed by atoms with van der Waals surface area (Å²) in [7, 11) is 0. The molecule has 2 aromatic heterocycles. The van der Waals surface area contributed by atoms with Crippen LogP contribution in [0, 0.1) is 0 Å². The summed E-state index contributed by atoms with van der Waals surface area (Å²) in [5.41, 5.74) is 3.76. The number of nitrogens with one attached hydrogen (secondary N) is 2. The Hall–Kier alpha value is -3.51. The number of thiocarbonyl (C=S) groups is 1. The van der Waals surface area contributed by atoms with Crippen molar-refractivity contribution in [2.75, 3.05) is 6.54 Å². The highest BCUT2D eigenvalue weighted by atomic mass is 35.5. The van der Waals surface area contributed by atoms with Crippen LogP contribution in [-0.2, 0) is 16.1 Å². The minimum atomic E-state index is -0.431. The van der Waals surface area contributed by atoms with Crippen molar-refractivity contribution in [2.45, 2.75) is 13.0 Å². The number of carbonyl (C=O) groups excluding carboxylic acids is 2. The number of carbonyl (C=O) groups is 2. The van der Waals surface area contributed by atoms with Gasteiger partial charge in [0.1, 0.15) is 0 Å². The van der Waals surface area contributed by atoms with Gasteiger partial charge in [0.2, 0.25) is 0 Å². The van der Waals surface area contributed by atoms with Gasteiger partial charge in [0.15, 0.2) is 0 Å². The molecule has 4 aromatic rings. The average Bonchev–Trinajstić information content (AvgIpc) is 3.45. The van der Waals surface area contributed by atoms with Crippen LogP contribution in [0.25, 0.3) is 33.0 Å². The molecule has 0 saturated heterocycles. The molecule has 5 rings (SSSR count). The number of aromatic nitrogens is 2. The maximum Gasteiger partial charge on any atom is 0.259 e. The minimum Gasteiger partial charge on any atom is -0.361 e. The smallest absolute Gasteiger partial charge is 0.259 e. The van der Waals surface area contributed by atoms with Gasteiger partial charge < -0.3 is 9.55 Å². The number of rotatable bonds is 6. The van der Waals surface area contributed by atoms with Crippen molar-refractivity contribution in [1.82, 2.24) is 14.9 Å². The van der Waals surface area contributed by atoms with Crippen molar-refractivity contribution in [2.24, 2.45) is 4.99 Å². The van der Waals surface area contributed by atoms with Crippen molar-refractivity contribution in [1.29, 1.82) is 0 Å². The van der Waals surface area contributed by atoms with E-state index in [4.69, 9.17) is 11.6 Å². The van der Waals surface area contributed by atoms with Crippen molar-refractivity contribution < 1.29 is 9.59 Å². The van der Waals surface area contributed by atoms with Crippen LogP contribution in [0.1, 0.15) is 17.5 Å². The van der Waals surface area contributed by atoms with Gasteiger partial charge in [0.25, 0.3) is 11.8 Å². The van der Waals surface area contributed by atoms with E-state index in [1.54, 1.807) is 12.3 Å². The molecule has 0 atom stereocenters. The molecule has 0 bridgehead atoms. The number of amides is 2. The summed E-state index contributed by atoms with van der Waals surface area (Å²) in [5, 5.41) is 6.98. The lowest BCUT2D eigenvalue weighted by Gasteiger charge is -2.04. The molecule has 1 aliphatic heterocycles. The molecular weight excluding hydrogens is 444 g/mol. The van der Waals surface area contributed by atoms with Gasteiger partial charge in [-0.25, -0.2) is 4.99 Å². The topological polar surface area (TPSA) is 79.2 Å². The fourth-order valence-electron chi connectivity index (χ4n) is 4.30. The Morgan fingerprint density at radius 3 is 2.62 bits per heavy atom. The van der Waals surface area contributed by atoms with E-state index < -0.39 is 11.8 Å². The van der Waals surface area contributed by atoms with Crippen molar-refractivity contribution in [3.05, 3.63) is 71.0 Å². The number of aliphatic imine (C=N–C) groups is 1. The first-order valence-electron chi connectivity index (χ1n) is 10.1. The molecule has 32 heavy (non-hydrogen) atoms. The number of isothiocyanates is 1. The predicted octanol–water partition coefficient (Wildman–Crippen LogP) is 4.84. The van der Waals surface area contributed by atoms with Gasteiger partial charge in [-0.05, 0) is 36.8 Å². The zero-order chi connectivity index (χ0) is 22.2. The third kappa shape index (κ3) is 3.28. The van der Waals surface area contributed by atoms with E-state index in [0.717, 1.165) is 28.2 Å². The number of fused-ring (bicyclic) bond motifs is 2. The summed E-state index contributed by atoms with van der Waals surface area (Å²) in [5.74, 6) is -0.849. The van der Waals surface area contributed by atoms with Gasteiger partial charge in [-0.2, -0.15) is 0 Å². The largest absolute Gasteiger partial charge is 0.361 e. The Morgan fingerprint density at radius 2 is 1.81 bits per heavy atom. The van der Waals surface area contributed by atoms with Crippen LogP contribution >= 0.6 is 23.8 Å². The number of aromatic amines is 1. The van der Waals surface area contributed by atoms with Gasteiger partial charge in [-0.3, -0.25) is 14.9 Å². The van der Waals surface area contributed by atoms with Crippen LogP contribution in [0.2, 0.25) is 5.02 Å². The highest BCUT2D eigenvalue weighted by molar-refractivity contribution is 7.78. The van der Waals surface area contributed by atoms with E-state index in [1.165, 1.54) is 0 Å². The molecule has 2 amide bonds. The molecule has 3 heterocycles.